The van der Waals surface area contributed by atoms with E-state index in [4.69, 9.17) is 0 Å². The fourth-order valence-electron chi connectivity index (χ4n) is 4.01. The van der Waals surface area contributed by atoms with Crippen molar-refractivity contribution in [3.8, 4) is 0 Å². The monoisotopic (exact) mass is 364 g/mol. The van der Waals surface area contributed by atoms with Crippen LogP contribution in [-0.4, -0.2) is 29.3 Å². The fraction of sp³-hybridized carbons (Fsp3) is 0.600. The minimum atomic E-state index is -0.923. The SMILES string of the molecule is O=C(CC1CCC(=O)N1Cc1cccc(F)c1F)NCC1CCCCC1. The third kappa shape index (κ3) is 4.59. The molecule has 1 aliphatic heterocycles. The zero-order chi connectivity index (χ0) is 18.5. The van der Waals surface area contributed by atoms with Gasteiger partial charge in [0.05, 0.1) is 0 Å². The molecule has 3 rings (SSSR count). The Morgan fingerprint density at radius 1 is 1.15 bits per heavy atom. The van der Waals surface area contributed by atoms with Gasteiger partial charge in [-0.2, -0.15) is 0 Å². The second kappa shape index (κ2) is 8.60. The summed E-state index contributed by atoms with van der Waals surface area (Å²) < 4.78 is 27.3. The predicted octanol–water partition coefficient (Wildman–Crippen LogP) is 3.54. The lowest BCUT2D eigenvalue weighted by atomic mass is 9.89. The first-order valence-electron chi connectivity index (χ1n) is 9.53. The van der Waals surface area contributed by atoms with Crippen LogP contribution in [0.1, 0.15) is 56.9 Å². The highest BCUT2D eigenvalue weighted by atomic mass is 19.2. The van der Waals surface area contributed by atoms with E-state index in [0.29, 0.717) is 25.3 Å². The van der Waals surface area contributed by atoms with E-state index in [2.05, 4.69) is 5.32 Å². The molecule has 26 heavy (non-hydrogen) atoms. The van der Waals surface area contributed by atoms with Crippen molar-refractivity contribution in [1.29, 1.82) is 0 Å². The maximum absolute atomic E-state index is 13.9. The molecule has 2 amide bonds. The van der Waals surface area contributed by atoms with E-state index in [9.17, 15) is 18.4 Å². The Kier molecular flexibility index (Phi) is 6.22. The van der Waals surface area contributed by atoms with E-state index in [-0.39, 0.29) is 36.4 Å². The summed E-state index contributed by atoms with van der Waals surface area (Å²) in [5.41, 5.74) is 0.146. The van der Waals surface area contributed by atoms with Crippen LogP contribution >= 0.6 is 0 Å². The highest BCUT2D eigenvalue weighted by Gasteiger charge is 2.33. The molecule has 4 nitrogen and oxygen atoms in total. The molecule has 1 saturated heterocycles. The Morgan fingerprint density at radius 3 is 2.69 bits per heavy atom. The van der Waals surface area contributed by atoms with Crippen LogP contribution in [0, 0.1) is 17.6 Å². The van der Waals surface area contributed by atoms with Crippen LogP contribution in [0.5, 0.6) is 0 Å². The Bertz CT molecular complexity index is 659. The number of nitrogens with one attached hydrogen (secondary N) is 1. The van der Waals surface area contributed by atoms with Gasteiger partial charge in [-0.25, -0.2) is 8.78 Å². The molecule has 1 N–H and O–H groups in total. The zero-order valence-corrected chi connectivity index (χ0v) is 15.0. The van der Waals surface area contributed by atoms with E-state index >= 15 is 0 Å². The molecule has 0 aromatic heterocycles. The Hall–Kier alpha value is -1.98. The first-order chi connectivity index (χ1) is 12.5. The molecule has 2 aliphatic rings. The Balaban J connectivity index is 1.55. The lowest BCUT2D eigenvalue weighted by Crippen LogP contribution is -2.38. The molecular weight excluding hydrogens is 338 g/mol. The minimum absolute atomic E-state index is 0.00297. The molecule has 1 atom stereocenters. The van der Waals surface area contributed by atoms with Crippen molar-refractivity contribution in [3.63, 3.8) is 0 Å². The molecule has 0 bridgehead atoms. The number of hydrogen-bond donors (Lipinski definition) is 1. The number of hydrogen-bond acceptors (Lipinski definition) is 2. The van der Waals surface area contributed by atoms with Crippen molar-refractivity contribution >= 4 is 11.8 Å². The van der Waals surface area contributed by atoms with Gasteiger partial charge >= 0.3 is 0 Å². The van der Waals surface area contributed by atoms with Crippen molar-refractivity contribution in [2.24, 2.45) is 5.92 Å². The summed E-state index contributed by atoms with van der Waals surface area (Å²) in [4.78, 5) is 25.9. The van der Waals surface area contributed by atoms with Crippen molar-refractivity contribution in [2.75, 3.05) is 6.54 Å². The van der Waals surface area contributed by atoms with Crippen LogP contribution in [0.15, 0.2) is 18.2 Å². The zero-order valence-electron chi connectivity index (χ0n) is 15.0. The number of rotatable bonds is 6. The lowest BCUT2D eigenvalue weighted by molar-refractivity contribution is -0.130. The van der Waals surface area contributed by atoms with Crippen LogP contribution in [0.25, 0.3) is 0 Å². The van der Waals surface area contributed by atoms with E-state index in [0.717, 1.165) is 18.9 Å². The summed E-state index contributed by atoms with van der Waals surface area (Å²) in [5.74, 6) is -1.47. The summed E-state index contributed by atoms with van der Waals surface area (Å²) in [5, 5.41) is 2.99. The fourth-order valence-corrected chi connectivity index (χ4v) is 4.01. The van der Waals surface area contributed by atoms with Gasteiger partial charge in [0.25, 0.3) is 0 Å². The van der Waals surface area contributed by atoms with Crippen LogP contribution in [0.3, 0.4) is 0 Å². The van der Waals surface area contributed by atoms with Gasteiger partial charge in [-0.05, 0) is 31.2 Å². The van der Waals surface area contributed by atoms with E-state index < -0.39 is 11.6 Å². The summed E-state index contributed by atoms with van der Waals surface area (Å²) in [6, 6.07) is 3.71. The largest absolute Gasteiger partial charge is 0.356 e. The van der Waals surface area contributed by atoms with Gasteiger partial charge in [-0.15, -0.1) is 0 Å². The molecule has 2 fully saturated rings. The van der Waals surface area contributed by atoms with E-state index in [1.807, 2.05) is 0 Å². The van der Waals surface area contributed by atoms with Crippen LogP contribution < -0.4 is 5.32 Å². The maximum atomic E-state index is 13.9. The summed E-state index contributed by atoms with van der Waals surface area (Å²) in [6.07, 6.45) is 7.19. The molecule has 1 unspecified atom stereocenters. The Morgan fingerprint density at radius 2 is 1.92 bits per heavy atom. The van der Waals surface area contributed by atoms with Crippen molar-refractivity contribution in [1.82, 2.24) is 10.2 Å². The van der Waals surface area contributed by atoms with Gasteiger partial charge in [0.1, 0.15) is 0 Å². The highest BCUT2D eigenvalue weighted by molar-refractivity contribution is 5.82. The van der Waals surface area contributed by atoms with Gasteiger partial charge in [0.2, 0.25) is 11.8 Å². The first kappa shape index (κ1) is 18.8. The normalized spacial score (nSPS) is 21.2. The second-order valence-electron chi connectivity index (χ2n) is 7.44. The number of benzene rings is 1. The van der Waals surface area contributed by atoms with Gasteiger partial charge < -0.3 is 10.2 Å². The predicted molar refractivity (Wildman–Crippen MR) is 94.1 cm³/mol. The van der Waals surface area contributed by atoms with E-state index in [1.165, 1.54) is 36.3 Å². The van der Waals surface area contributed by atoms with Crippen LogP contribution in [0.4, 0.5) is 8.78 Å². The quantitative estimate of drug-likeness (QED) is 0.839. The van der Waals surface area contributed by atoms with Crippen molar-refractivity contribution in [3.05, 3.63) is 35.4 Å². The number of nitrogens with zero attached hydrogens (tertiary/aromatic N) is 1. The summed E-state index contributed by atoms with van der Waals surface area (Å²) in [7, 11) is 0. The number of carbonyl (C=O) groups excluding carboxylic acids is 2. The molecule has 1 aliphatic carbocycles. The average molecular weight is 364 g/mol. The second-order valence-corrected chi connectivity index (χ2v) is 7.44. The maximum Gasteiger partial charge on any atom is 0.223 e. The van der Waals surface area contributed by atoms with Gasteiger partial charge in [0, 0.05) is 37.5 Å². The molecule has 1 aromatic carbocycles. The Labute approximate surface area is 152 Å². The van der Waals surface area contributed by atoms with Gasteiger partial charge in [-0.1, -0.05) is 31.4 Å². The third-order valence-electron chi connectivity index (χ3n) is 5.56. The van der Waals surface area contributed by atoms with Gasteiger partial charge in [0.15, 0.2) is 11.6 Å². The first-order valence-corrected chi connectivity index (χ1v) is 9.53. The average Bonchev–Trinajstić information content (AvgIpc) is 2.98. The smallest absolute Gasteiger partial charge is 0.223 e. The van der Waals surface area contributed by atoms with E-state index in [1.54, 1.807) is 0 Å². The molecule has 6 heteroatoms. The molecule has 1 aromatic rings. The van der Waals surface area contributed by atoms with Crippen LogP contribution in [-0.2, 0) is 16.1 Å². The lowest BCUT2D eigenvalue weighted by Gasteiger charge is -2.26. The molecule has 142 valence electrons. The van der Waals surface area contributed by atoms with Crippen molar-refractivity contribution in [2.45, 2.75) is 64.0 Å². The molecule has 1 heterocycles. The third-order valence-corrected chi connectivity index (χ3v) is 5.56. The molecule has 1 saturated carbocycles. The topological polar surface area (TPSA) is 49.4 Å². The number of carbonyl (C=O) groups is 2. The standard InChI is InChI=1S/C20H26F2N2O2/c21-17-8-4-7-15(20(17)22)13-24-16(9-10-19(24)26)11-18(25)23-12-14-5-2-1-3-6-14/h4,7-8,14,16H,1-3,5-6,9-13H2,(H,23,25). The molecular formula is C20H26F2N2O2. The highest BCUT2D eigenvalue weighted by Crippen LogP contribution is 2.26. The number of amides is 2. The number of halogens is 2. The molecule has 0 radical (unpaired) electrons. The van der Waals surface area contributed by atoms with Crippen LogP contribution in [0.2, 0.25) is 0 Å². The number of likely N-dealkylation sites (tertiary alicyclic amines) is 1. The van der Waals surface area contributed by atoms with Gasteiger partial charge in [-0.3, -0.25) is 9.59 Å². The summed E-state index contributed by atoms with van der Waals surface area (Å²) >= 11 is 0. The molecule has 0 spiro atoms. The summed E-state index contributed by atoms with van der Waals surface area (Å²) in [6.45, 7) is 0.695. The minimum Gasteiger partial charge on any atom is -0.356 e. The van der Waals surface area contributed by atoms with Crippen molar-refractivity contribution < 1.29 is 18.4 Å².